The van der Waals surface area contributed by atoms with Crippen LogP contribution in [-0.4, -0.2) is 30.8 Å². The van der Waals surface area contributed by atoms with Crippen molar-refractivity contribution >= 4 is 61.4 Å². The van der Waals surface area contributed by atoms with Gasteiger partial charge in [0.05, 0.1) is 11.0 Å². The first kappa shape index (κ1) is 38.9. The van der Waals surface area contributed by atoms with Crippen LogP contribution in [0.2, 0.25) is 0 Å². The highest BCUT2D eigenvalue weighted by Gasteiger charge is 2.42. The molecule has 2 aliphatic heterocycles. The first-order valence-electron chi connectivity index (χ1n) is 24.1. The molecule has 0 N–H and O–H groups in total. The lowest BCUT2D eigenvalue weighted by Crippen LogP contribution is -2.55. The Bertz CT molecular complexity index is 4230. The summed E-state index contributed by atoms with van der Waals surface area (Å²) in [7, 11) is 0. The molecule has 70 heavy (non-hydrogen) atoms. The SMILES string of the molecule is Cc1c(-c2cccc(-c3nc(-c4ccccc4)nc(-c4ccccc4)n3)c2)cc2c3c1-c1cc(-c4ccccc4)cc4c5cc(-c6ccccc6)ccc5n(c14)B3c1cccc3c4ccccc4n-2c13. The van der Waals surface area contributed by atoms with E-state index in [0.29, 0.717) is 17.5 Å². The van der Waals surface area contributed by atoms with Crippen LogP contribution >= 0.6 is 0 Å². The Hall–Kier alpha value is -9.13. The van der Waals surface area contributed by atoms with Crippen LogP contribution in [0.15, 0.2) is 224 Å². The van der Waals surface area contributed by atoms with Gasteiger partial charge in [0.15, 0.2) is 17.5 Å². The van der Waals surface area contributed by atoms with Crippen molar-refractivity contribution in [2.24, 2.45) is 0 Å². The van der Waals surface area contributed by atoms with E-state index in [4.69, 9.17) is 15.0 Å². The van der Waals surface area contributed by atoms with Crippen LogP contribution in [0.5, 0.6) is 0 Å². The molecule has 15 rings (SSSR count). The number of benzene rings is 10. The molecule has 3 aromatic heterocycles. The van der Waals surface area contributed by atoms with Crippen LogP contribution in [0.3, 0.4) is 0 Å². The molecular formula is C64H40BN5. The highest BCUT2D eigenvalue weighted by Crippen LogP contribution is 2.48. The van der Waals surface area contributed by atoms with Gasteiger partial charge in [0, 0.05) is 60.5 Å². The van der Waals surface area contributed by atoms with E-state index in [1.165, 1.54) is 105 Å². The molecule has 0 unspecified atom stereocenters. The van der Waals surface area contributed by atoms with Crippen LogP contribution in [-0.2, 0) is 0 Å². The summed E-state index contributed by atoms with van der Waals surface area (Å²) in [5.41, 5.74) is 22.6. The number of nitrogens with zero attached hydrogens (tertiary/aromatic N) is 5. The summed E-state index contributed by atoms with van der Waals surface area (Å²) in [6.07, 6.45) is 0. The molecule has 6 heteroatoms. The van der Waals surface area contributed by atoms with Crippen molar-refractivity contribution in [1.82, 2.24) is 24.0 Å². The van der Waals surface area contributed by atoms with Gasteiger partial charge in [0.25, 0.3) is 0 Å². The number of hydrogen-bond donors (Lipinski definition) is 0. The van der Waals surface area contributed by atoms with Crippen LogP contribution in [0, 0.1) is 6.92 Å². The third kappa shape index (κ3) is 5.65. The Labute approximate surface area is 404 Å². The van der Waals surface area contributed by atoms with Gasteiger partial charge in [-0.15, -0.1) is 0 Å². The van der Waals surface area contributed by atoms with E-state index in [0.717, 1.165) is 22.3 Å². The Morgan fingerprint density at radius 2 is 0.914 bits per heavy atom. The van der Waals surface area contributed by atoms with Crippen LogP contribution in [0.25, 0.3) is 128 Å². The van der Waals surface area contributed by atoms with E-state index >= 15 is 0 Å². The normalized spacial score (nSPS) is 12.3. The number of para-hydroxylation sites is 2. The summed E-state index contributed by atoms with van der Waals surface area (Å²) >= 11 is 0. The highest BCUT2D eigenvalue weighted by molar-refractivity contribution is 6.90. The standard InChI is InChI=1S/C64H40BN5/c1-39-50(45-26-16-27-46(34-45)64-67-62(42-22-10-4-11-23-42)66-63(68-64)43-24-12-5-13-25-43)38-57-59-58(39)53-37-47(41-20-8-3-9-21-41)36-52-51-35-44(40-18-6-2-7-19-40)32-33-56(51)70(60(52)53)65(59)54-30-17-29-49-48-28-14-15-31-55(48)69(57)61(49)54/h2-38H,1H3. The summed E-state index contributed by atoms with van der Waals surface area (Å²) in [4.78, 5) is 15.3. The zero-order valence-electron chi connectivity index (χ0n) is 38.2. The van der Waals surface area contributed by atoms with Gasteiger partial charge in [-0.1, -0.05) is 182 Å². The molecule has 0 spiro atoms. The van der Waals surface area contributed by atoms with Gasteiger partial charge in [0.1, 0.15) is 0 Å². The van der Waals surface area contributed by atoms with E-state index in [-0.39, 0.29) is 6.85 Å². The maximum atomic E-state index is 5.16. The zero-order chi connectivity index (χ0) is 46.0. The summed E-state index contributed by atoms with van der Waals surface area (Å²) < 4.78 is 5.25. The predicted molar refractivity (Wildman–Crippen MR) is 290 cm³/mol. The highest BCUT2D eigenvalue weighted by atomic mass is 15.0. The number of hydrogen-bond acceptors (Lipinski definition) is 3. The second-order valence-electron chi connectivity index (χ2n) is 18.7. The molecule has 0 saturated carbocycles. The van der Waals surface area contributed by atoms with Crippen molar-refractivity contribution in [2.75, 3.05) is 0 Å². The summed E-state index contributed by atoms with van der Waals surface area (Å²) in [5.74, 6) is 1.92. The van der Waals surface area contributed by atoms with Gasteiger partial charge in [-0.3, -0.25) is 0 Å². The summed E-state index contributed by atoms with van der Waals surface area (Å²) in [6, 6.07) is 81.3. The Morgan fingerprint density at radius 1 is 0.357 bits per heavy atom. The third-order valence-electron chi connectivity index (χ3n) is 14.9. The van der Waals surface area contributed by atoms with Crippen molar-refractivity contribution in [3.05, 3.63) is 230 Å². The molecule has 0 radical (unpaired) electrons. The molecule has 0 amide bonds. The molecule has 0 atom stereocenters. The molecule has 0 bridgehead atoms. The maximum absolute atomic E-state index is 5.16. The van der Waals surface area contributed by atoms with Gasteiger partial charge in [0.2, 0.25) is 0 Å². The van der Waals surface area contributed by atoms with Gasteiger partial charge in [-0.25, -0.2) is 15.0 Å². The fourth-order valence-electron chi connectivity index (χ4n) is 11.8. The largest absolute Gasteiger partial charge is 0.375 e. The summed E-state index contributed by atoms with van der Waals surface area (Å²) in [6.45, 7) is 2.27. The second-order valence-corrected chi connectivity index (χ2v) is 18.7. The van der Waals surface area contributed by atoms with Crippen molar-refractivity contribution in [3.8, 4) is 84.4 Å². The fraction of sp³-hybridized carbons (Fsp3) is 0.0156. The molecule has 10 aromatic carbocycles. The van der Waals surface area contributed by atoms with E-state index < -0.39 is 0 Å². The fourth-order valence-corrected chi connectivity index (χ4v) is 11.8. The molecule has 2 aliphatic rings. The predicted octanol–water partition coefficient (Wildman–Crippen LogP) is 14.3. The number of aromatic nitrogens is 5. The smallest absolute Gasteiger partial charge is 0.333 e. The number of fused-ring (bicyclic) bond motifs is 10. The summed E-state index contributed by atoms with van der Waals surface area (Å²) in [5, 5.41) is 5.05. The van der Waals surface area contributed by atoms with Gasteiger partial charge < -0.3 is 9.05 Å². The molecule has 324 valence electrons. The van der Waals surface area contributed by atoms with E-state index in [2.05, 4.69) is 204 Å². The van der Waals surface area contributed by atoms with E-state index in [1.807, 2.05) is 36.4 Å². The first-order chi connectivity index (χ1) is 34.6. The van der Waals surface area contributed by atoms with Crippen molar-refractivity contribution < 1.29 is 0 Å². The molecule has 0 aliphatic carbocycles. The van der Waals surface area contributed by atoms with E-state index in [9.17, 15) is 0 Å². The van der Waals surface area contributed by atoms with Crippen molar-refractivity contribution in [1.29, 1.82) is 0 Å². The molecule has 0 saturated heterocycles. The molecular weight excluding hydrogens is 850 g/mol. The molecule has 5 heterocycles. The van der Waals surface area contributed by atoms with Crippen LogP contribution in [0.4, 0.5) is 0 Å². The lowest BCUT2D eigenvalue weighted by atomic mass is 9.45. The number of rotatable bonds is 6. The monoisotopic (exact) mass is 889 g/mol. The lowest BCUT2D eigenvalue weighted by molar-refractivity contribution is 1.07. The quantitative estimate of drug-likeness (QED) is 0.156. The average molecular weight is 890 g/mol. The molecule has 0 fully saturated rings. The topological polar surface area (TPSA) is 48.5 Å². The Morgan fingerprint density at radius 3 is 1.61 bits per heavy atom. The van der Waals surface area contributed by atoms with Gasteiger partial charge >= 0.3 is 6.85 Å². The lowest BCUT2D eigenvalue weighted by Gasteiger charge is -2.36. The second kappa shape index (κ2) is 14.9. The minimum atomic E-state index is -0.0692. The Balaban J connectivity index is 1.04. The van der Waals surface area contributed by atoms with Crippen molar-refractivity contribution in [3.63, 3.8) is 0 Å². The van der Waals surface area contributed by atoms with E-state index in [1.54, 1.807) is 0 Å². The Kier molecular flexibility index (Phi) is 8.31. The first-order valence-corrected chi connectivity index (χ1v) is 24.1. The van der Waals surface area contributed by atoms with Gasteiger partial charge in [-0.05, 0) is 105 Å². The minimum Gasteiger partial charge on any atom is -0.375 e. The van der Waals surface area contributed by atoms with Crippen molar-refractivity contribution in [2.45, 2.75) is 6.92 Å². The van der Waals surface area contributed by atoms with Gasteiger partial charge in [-0.2, -0.15) is 0 Å². The average Bonchev–Trinajstić information content (AvgIpc) is 3.96. The molecule has 5 nitrogen and oxygen atoms in total. The minimum absolute atomic E-state index is 0.0692. The third-order valence-corrected chi connectivity index (χ3v) is 14.9. The maximum Gasteiger partial charge on any atom is 0.333 e. The molecule has 13 aromatic rings. The van der Waals surface area contributed by atoms with Crippen LogP contribution < -0.4 is 10.9 Å². The zero-order valence-corrected chi connectivity index (χ0v) is 38.2. The van der Waals surface area contributed by atoms with Crippen LogP contribution in [0.1, 0.15) is 5.56 Å².